The third-order valence-corrected chi connectivity index (χ3v) is 17.6. The Morgan fingerprint density at radius 2 is 1.31 bits per heavy atom. The Morgan fingerprint density at radius 1 is 0.736 bits per heavy atom. The largest absolute Gasteiger partial charge is 0.458 e. The van der Waals surface area contributed by atoms with Crippen molar-refractivity contribution >= 4 is 87.8 Å². The van der Waals surface area contributed by atoms with Gasteiger partial charge in [0.2, 0.25) is 52.7 Å². The molecule has 4 saturated heterocycles. The number of aliphatic hydroxyl groups excluding tert-OH is 2. The van der Waals surface area contributed by atoms with Gasteiger partial charge in [0.1, 0.15) is 65.6 Å². The van der Waals surface area contributed by atoms with E-state index in [4.69, 9.17) is 24.6 Å². The average molecular weight is 1270 g/mol. The zero-order chi connectivity index (χ0) is 67.8. The van der Waals surface area contributed by atoms with Crippen LogP contribution in [0.5, 0.6) is 0 Å². The first-order valence-electron chi connectivity index (χ1n) is 30.3. The van der Waals surface area contributed by atoms with Gasteiger partial charge in [-0.05, 0) is 83.3 Å². The molecule has 0 radical (unpaired) electrons. The van der Waals surface area contributed by atoms with Crippen LogP contribution in [0.4, 0.5) is 5.69 Å². The molecule has 0 bridgehead atoms. The van der Waals surface area contributed by atoms with Gasteiger partial charge in [-0.1, -0.05) is 47.6 Å². The van der Waals surface area contributed by atoms with Crippen LogP contribution in [0.2, 0.25) is 0 Å². The number of benzene rings is 2. The second kappa shape index (κ2) is 27.7. The quantitative estimate of drug-likeness (QED) is 0.0760. The number of nitrogen functional groups attached to an aromatic ring is 1. The molecule has 0 spiro atoms. The van der Waals surface area contributed by atoms with Crippen molar-refractivity contribution in [2.24, 2.45) is 17.8 Å². The third kappa shape index (κ3) is 13.8. The highest BCUT2D eigenvalue weighted by molar-refractivity contribution is 6.10. The maximum atomic E-state index is 15.2. The summed E-state index contributed by atoms with van der Waals surface area (Å²) in [7, 11) is 5.28. The minimum absolute atomic E-state index is 0.0659. The molecule has 5 aliphatic heterocycles. The number of aliphatic hydroxyl groups is 2. The average Bonchev–Trinajstić information content (AvgIpc) is 1.39. The normalized spacial score (nSPS) is 27.6. The predicted octanol–water partition coefficient (Wildman–Crippen LogP) is -1.58. The maximum absolute atomic E-state index is 15.2. The van der Waals surface area contributed by atoms with Crippen molar-refractivity contribution in [3.63, 3.8) is 0 Å². The van der Waals surface area contributed by atoms with Crippen LogP contribution < -0.4 is 32.4 Å². The fourth-order valence-corrected chi connectivity index (χ4v) is 12.0. The number of fused-ring (bicyclic) bond motifs is 4. The molecule has 10 amide bonds. The molecular formula is C61H84N12O18. The van der Waals surface area contributed by atoms with E-state index in [1.54, 1.807) is 55.4 Å². The predicted molar refractivity (Wildman–Crippen MR) is 324 cm³/mol. The summed E-state index contributed by atoms with van der Waals surface area (Å²) in [5, 5.41) is 32.5. The Hall–Kier alpha value is -8.80. The Bertz CT molecular complexity index is 3460. The Kier molecular flexibility index (Phi) is 21.2. The highest BCUT2D eigenvalue weighted by Gasteiger charge is 2.50. The molecule has 0 aromatic heterocycles. The number of nitrogens with one attached hydrogen (secondary N) is 4. The molecule has 6 aliphatic rings. The van der Waals surface area contributed by atoms with Crippen LogP contribution in [0.3, 0.4) is 0 Å². The van der Waals surface area contributed by atoms with Crippen molar-refractivity contribution in [3.8, 4) is 11.5 Å². The van der Waals surface area contributed by atoms with Crippen molar-refractivity contribution in [1.82, 2.24) is 55.7 Å². The fraction of sp³-hybridized carbons (Fsp3) is 0.607. The first-order chi connectivity index (χ1) is 42.6. The number of nitrogens with zero attached hydrogens (tertiary/aromatic N) is 7. The van der Waals surface area contributed by atoms with Gasteiger partial charge in [-0.15, -0.1) is 0 Å². The Balaban J connectivity index is 1.33. The monoisotopic (exact) mass is 1270 g/mol. The molecule has 5 heterocycles. The molecule has 0 saturated carbocycles. The number of rotatable bonds is 8. The van der Waals surface area contributed by atoms with Gasteiger partial charge in [0.25, 0.3) is 11.8 Å². The highest BCUT2D eigenvalue weighted by Crippen LogP contribution is 2.36. The molecule has 496 valence electrons. The van der Waals surface area contributed by atoms with Crippen LogP contribution in [0.25, 0.3) is 22.6 Å². The van der Waals surface area contributed by atoms with E-state index in [0.29, 0.717) is 12.0 Å². The van der Waals surface area contributed by atoms with E-state index >= 15 is 9.59 Å². The van der Waals surface area contributed by atoms with Crippen LogP contribution in [0, 0.1) is 31.6 Å². The number of anilines is 1. The number of aromatic nitrogens is 1. The lowest BCUT2D eigenvalue weighted by atomic mass is 9.98. The van der Waals surface area contributed by atoms with Crippen molar-refractivity contribution in [2.75, 3.05) is 60.2 Å². The zero-order valence-corrected chi connectivity index (χ0v) is 53.9. The smallest absolute Gasteiger partial charge is 0.329 e. The van der Waals surface area contributed by atoms with Crippen LogP contribution >= 0.6 is 0 Å². The molecule has 1 aromatic rings. The van der Waals surface area contributed by atoms with Gasteiger partial charge in [-0.25, -0.2) is 14.6 Å². The van der Waals surface area contributed by atoms with Gasteiger partial charge in [0.15, 0.2) is 17.4 Å². The topological polar surface area (TPSA) is 400 Å². The number of amides is 10. The molecule has 30 heteroatoms. The number of ether oxygens (including phenoxy) is 2. The summed E-state index contributed by atoms with van der Waals surface area (Å²) in [4.78, 5) is 198. The summed E-state index contributed by atoms with van der Waals surface area (Å²) in [5.41, 5.74) is 2.93. The standard InChI is InChI=1S/C61H84N12O18/c1-25(2)41-57(84)72-20-16-17-34(72)56(83)68(12)23-38(77)71(15)47(27(5)6)61(88)89-32(11)43(54(81)64-41)66-52(79)33-19-18-28(7)50-44(33)63-46-39(40(62)49(78)30(9)51(46)91-50)53(80)67-45-36(24-74)90-60(87)31(10)70(14)37(76)22-69(13)59(86)48-35(75)21-29(8)73(48)58(85)42(26(3)4)65-55(45)82/h18-19,25-27,29,31-32,34-36,41-43,45,47-48,74-75H,16-17,20-24,62H2,1-15H3,(H,64,81)(H,65,82)(H,66,79)(H,67,80)/t29-,31-,32+,34-,35+,36-,41-,42-,43-,45-,47+,48+/m1/s1. The summed E-state index contributed by atoms with van der Waals surface area (Å²) in [6.45, 7) is 14.7. The number of esters is 2. The van der Waals surface area contributed by atoms with E-state index in [1.165, 1.54) is 70.9 Å². The summed E-state index contributed by atoms with van der Waals surface area (Å²) in [5.74, 6) is -13.4. The number of carbonyl (C=O) groups is 12. The summed E-state index contributed by atoms with van der Waals surface area (Å²) in [6, 6.07) is -10.1. The number of nitrogens with two attached hydrogens (primary N) is 1. The molecule has 4 fully saturated rings. The molecule has 0 unspecified atom stereocenters. The first kappa shape index (κ1) is 69.7. The zero-order valence-electron chi connectivity index (χ0n) is 53.9. The summed E-state index contributed by atoms with van der Waals surface area (Å²) < 4.78 is 18.0. The number of hydrogen-bond donors (Lipinski definition) is 7. The van der Waals surface area contributed by atoms with Crippen LogP contribution in [-0.4, -0.2) is 243 Å². The van der Waals surface area contributed by atoms with Gasteiger partial charge in [0, 0.05) is 46.3 Å². The lowest BCUT2D eigenvalue weighted by Crippen LogP contribution is -2.63. The Labute approximate surface area is 525 Å². The molecular weight excluding hydrogens is 1190 g/mol. The number of likely N-dealkylation sites (N-methyl/N-ethyl adjacent to an activating group) is 4. The van der Waals surface area contributed by atoms with E-state index < -0.39 is 204 Å². The van der Waals surface area contributed by atoms with Crippen LogP contribution in [-0.2, 0) is 57.4 Å². The SMILES string of the molecule is Cc1c2oc3c(C)ccc(C(=O)N[C@H]4C(=O)N[C@H](C(C)C)C(=O)N5CCC[C@@H]5C(=O)N(C)CC(=O)N(C)[C@@H](C(C)C)C(=O)O[C@H]4C)c3nc-2c(C(=O)N[C@H]2C(=O)N[C@H](C(C)C)C(=O)N3[C@H](C)C[C@H](O)[C@H]3C(=O)N(C)CC(=O)N(C)[C@H](C)C(=O)O[C@@H]2CO)c(N)c1=O. The Morgan fingerprint density at radius 3 is 1.90 bits per heavy atom. The summed E-state index contributed by atoms with van der Waals surface area (Å²) in [6.07, 6.45) is -4.32. The van der Waals surface area contributed by atoms with Gasteiger partial charge in [-0.3, -0.25) is 52.7 Å². The highest BCUT2D eigenvalue weighted by atomic mass is 16.6. The molecule has 7 rings (SSSR count). The van der Waals surface area contributed by atoms with E-state index in [2.05, 4.69) is 21.3 Å². The number of carbonyl (C=O) groups excluding carboxylic acids is 12. The minimum Gasteiger partial charge on any atom is -0.458 e. The lowest BCUT2D eigenvalue weighted by molar-refractivity contribution is -0.163. The molecule has 1 aromatic carbocycles. The maximum Gasteiger partial charge on any atom is 0.329 e. The number of cyclic esters (lactones) is 2. The second-order valence-corrected chi connectivity index (χ2v) is 25.2. The number of aryl methyl sites for hydroxylation is 1. The molecule has 30 nitrogen and oxygen atoms in total. The van der Waals surface area contributed by atoms with E-state index in [0.717, 1.165) is 19.6 Å². The van der Waals surface area contributed by atoms with E-state index in [-0.39, 0.29) is 47.4 Å². The fourth-order valence-electron chi connectivity index (χ4n) is 12.0. The second-order valence-electron chi connectivity index (χ2n) is 25.2. The van der Waals surface area contributed by atoms with E-state index in [9.17, 15) is 63.0 Å². The third-order valence-electron chi connectivity index (χ3n) is 17.6. The van der Waals surface area contributed by atoms with Gasteiger partial charge in [-0.2, -0.15) is 0 Å². The lowest BCUT2D eigenvalue weighted by Gasteiger charge is -2.37. The van der Waals surface area contributed by atoms with Crippen LogP contribution in [0.15, 0.2) is 21.3 Å². The summed E-state index contributed by atoms with van der Waals surface area (Å²) >= 11 is 0. The molecule has 1 aliphatic carbocycles. The van der Waals surface area contributed by atoms with Crippen LogP contribution in [0.1, 0.15) is 113 Å². The number of hydrogen-bond acceptors (Lipinski definition) is 20. The first-order valence-corrected chi connectivity index (χ1v) is 30.3. The van der Waals surface area contributed by atoms with Crippen molar-refractivity contribution in [2.45, 2.75) is 168 Å². The minimum atomic E-state index is -2.17. The van der Waals surface area contributed by atoms with Crippen molar-refractivity contribution in [1.29, 1.82) is 0 Å². The van der Waals surface area contributed by atoms with Gasteiger partial charge < -0.3 is 80.5 Å². The van der Waals surface area contributed by atoms with Crippen molar-refractivity contribution in [3.05, 3.63) is 44.6 Å². The molecule has 91 heavy (non-hydrogen) atoms. The van der Waals surface area contributed by atoms with Gasteiger partial charge >= 0.3 is 11.9 Å². The molecule has 8 N–H and O–H groups in total. The van der Waals surface area contributed by atoms with E-state index in [1.807, 2.05) is 0 Å². The molecule has 12 atom stereocenters. The van der Waals surface area contributed by atoms with Gasteiger partial charge in [0.05, 0.1) is 42.6 Å². The van der Waals surface area contributed by atoms with Crippen molar-refractivity contribution < 1.29 is 81.6 Å².